The van der Waals surface area contributed by atoms with Crippen LogP contribution in [0.2, 0.25) is 0 Å². The second-order valence-corrected chi connectivity index (χ2v) is 7.49. The zero-order chi connectivity index (χ0) is 19.5. The molecule has 28 heavy (non-hydrogen) atoms. The van der Waals surface area contributed by atoms with Crippen LogP contribution in [0, 0.1) is 0 Å². The molecule has 0 bridgehead atoms. The smallest absolute Gasteiger partial charge is 0.121 e. The van der Waals surface area contributed by atoms with Gasteiger partial charge in [0.1, 0.15) is 5.75 Å². The zero-order valence-corrected chi connectivity index (χ0v) is 16.6. The molecule has 3 N–H and O–H groups in total. The second-order valence-electron chi connectivity index (χ2n) is 6.64. The van der Waals surface area contributed by atoms with E-state index in [1.54, 1.807) is 12.1 Å². The highest BCUT2D eigenvalue weighted by Gasteiger charge is 2.06. The number of nitrogens with zero attached hydrogens (tertiary/aromatic N) is 1. The van der Waals surface area contributed by atoms with Gasteiger partial charge in [-0.1, -0.05) is 58.4 Å². The fraction of sp³-hybridized carbons (Fsp3) is 0.0870. The maximum atomic E-state index is 9.91. The maximum absolute atomic E-state index is 9.91. The van der Waals surface area contributed by atoms with Gasteiger partial charge in [0.05, 0.1) is 18.0 Å². The molecule has 1 aliphatic rings. The van der Waals surface area contributed by atoms with Crippen molar-refractivity contribution < 1.29 is 10.2 Å². The number of aromatic hydroxyl groups is 1. The van der Waals surface area contributed by atoms with Crippen molar-refractivity contribution in [1.29, 1.82) is 0 Å². The Hall–Kier alpha value is -2.89. The number of aromatic nitrogens is 2. The topological polar surface area (TPSA) is 69.1 Å². The third-order valence-corrected chi connectivity index (χ3v) is 5.36. The number of phenols is 1. The first-order chi connectivity index (χ1) is 13.6. The van der Waals surface area contributed by atoms with E-state index in [-0.39, 0.29) is 12.4 Å². The normalized spacial score (nSPS) is 13.1. The van der Waals surface area contributed by atoms with Gasteiger partial charge >= 0.3 is 0 Å². The van der Waals surface area contributed by atoms with Gasteiger partial charge < -0.3 is 10.2 Å². The zero-order valence-electron chi connectivity index (χ0n) is 15.1. The number of nitrogens with one attached hydrogen (secondary N) is 1. The average Bonchev–Trinajstić information content (AvgIpc) is 3.35. The standard InChI is InChI=1S/C23H19BrN2O2/c24-22-11-19(14-27)23(28)12-18(22)7-9-21-13-20(25-26-21)8-5-15-4-6-16-2-1-3-17(16)10-15/h1-2,4-13,27-28H,3,14H2,(H,25,26)/b8-5+,9-7+. The Morgan fingerprint density at radius 3 is 2.82 bits per heavy atom. The fourth-order valence-electron chi connectivity index (χ4n) is 3.14. The summed E-state index contributed by atoms with van der Waals surface area (Å²) in [7, 11) is 0. The Balaban J connectivity index is 1.47. The van der Waals surface area contributed by atoms with Gasteiger partial charge in [0, 0.05) is 10.0 Å². The lowest BCUT2D eigenvalue weighted by Gasteiger charge is -2.05. The van der Waals surface area contributed by atoms with Crippen LogP contribution in [0.5, 0.6) is 5.75 Å². The molecule has 2 aromatic carbocycles. The number of aliphatic hydroxyl groups excluding tert-OH is 1. The van der Waals surface area contributed by atoms with Crippen molar-refractivity contribution in [2.75, 3.05) is 0 Å². The summed E-state index contributed by atoms with van der Waals surface area (Å²) in [5.41, 5.74) is 6.81. The second kappa shape index (κ2) is 8.00. The molecule has 4 rings (SSSR count). The van der Waals surface area contributed by atoms with E-state index in [9.17, 15) is 10.2 Å². The van der Waals surface area contributed by atoms with Crippen molar-refractivity contribution in [2.45, 2.75) is 13.0 Å². The van der Waals surface area contributed by atoms with E-state index in [0.29, 0.717) is 5.56 Å². The highest BCUT2D eigenvalue weighted by molar-refractivity contribution is 9.10. The first-order valence-electron chi connectivity index (χ1n) is 8.95. The number of hydrogen-bond acceptors (Lipinski definition) is 3. The average molecular weight is 435 g/mol. The molecule has 0 radical (unpaired) electrons. The van der Waals surface area contributed by atoms with E-state index in [4.69, 9.17) is 0 Å². The highest BCUT2D eigenvalue weighted by atomic mass is 79.9. The van der Waals surface area contributed by atoms with Crippen LogP contribution in [0.25, 0.3) is 30.4 Å². The minimum Gasteiger partial charge on any atom is -0.508 e. The molecule has 1 heterocycles. The quantitative estimate of drug-likeness (QED) is 0.511. The summed E-state index contributed by atoms with van der Waals surface area (Å²) in [5.74, 6) is 0.0723. The van der Waals surface area contributed by atoms with Gasteiger partial charge in [-0.15, -0.1) is 0 Å². The molecule has 0 saturated heterocycles. The summed E-state index contributed by atoms with van der Waals surface area (Å²) < 4.78 is 0.802. The molecule has 0 fully saturated rings. The lowest BCUT2D eigenvalue weighted by Crippen LogP contribution is -1.86. The van der Waals surface area contributed by atoms with Crippen LogP contribution >= 0.6 is 15.9 Å². The molecule has 1 aromatic heterocycles. The first-order valence-corrected chi connectivity index (χ1v) is 9.75. The molecule has 3 aromatic rings. The predicted octanol–water partition coefficient (Wildman–Crippen LogP) is 5.28. The number of H-pyrrole nitrogens is 1. The molecule has 1 aliphatic carbocycles. The summed E-state index contributed by atoms with van der Waals surface area (Å²) in [6, 6.07) is 11.7. The Bertz CT molecular complexity index is 1110. The highest BCUT2D eigenvalue weighted by Crippen LogP contribution is 2.28. The molecule has 0 saturated carbocycles. The minimum atomic E-state index is -0.203. The first kappa shape index (κ1) is 18.5. The van der Waals surface area contributed by atoms with Crippen LogP contribution < -0.4 is 0 Å². The molecule has 0 aliphatic heterocycles. The van der Waals surface area contributed by atoms with E-state index in [2.05, 4.69) is 62.6 Å². The molecule has 0 unspecified atom stereocenters. The third kappa shape index (κ3) is 4.01. The van der Waals surface area contributed by atoms with Crippen molar-refractivity contribution in [2.24, 2.45) is 0 Å². The van der Waals surface area contributed by atoms with Gasteiger partial charge in [-0.2, -0.15) is 5.10 Å². The molecule has 0 spiro atoms. The summed E-state index contributed by atoms with van der Waals surface area (Å²) in [5, 5.41) is 26.4. The van der Waals surface area contributed by atoms with E-state index in [1.807, 2.05) is 24.3 Å². The number of aliphatic hydroxyl groups is 1. The Labute approximate surface area is 171 Å². The fourth-order valence-corrected chi connectivity index (χ4v) is 3.66. The summed E-state index contributed by atoms with van der Waals surface area (Å²) in [6.07, 6.45) is 13.1. The lowest BCUT2D eigenvalue weighted by atomic mass is 10.1. The van der Waals surface area contributed by atoms with Gasteiger partial charge in [-0.05, 0) is 59.0 Å². The molecule has 140 valence electrons. The third-order valence-electron chi connectivity index (χ3n) is 4.68. The molecule has 4 nitrogen and oxygen atoms in total. The van der Waals surface area contributed by atoms with E-state index >= 15 is 0 Å². The number of fused-ring (bicyclic) bond motifs is 1. The number of allylic oxidation sites excluding steroid dienone is 1. The van der Waals surface area contributed by atoms with Crippen molar-refractivity contribution in [3.63, 3.8) is 0 Å². The minimum absolute atomic E-state index is 0.0723. The number of aromatic amines is 1. The number of hydrogen-bond donors (Lipinski definition) is 3. The molecule has 0 amide bonds. The largest absolute Gasteiger partial charge is 0.508 e. The lowest BCUT2D eigenvalue weighted by molar-refractivity contribution is 0.275. The van der Waals surface area contributed by atoms with Crippen molar-refractivity contribution in [3.8, 4) is 5.75 Å². The summed E-state index contributed by atoms with van der Waals surface area (Å²) in [4.78, 5) is 0. The van der Waals surface area contributed by atoms with Crippen LogP contribution in [0.15, 0.2) is 46.9 Å². The SMILES string of the molecule is OCc1cc(Br)c(/C=C/c2cc(/C=C/c3ccc4c(c3)CC=C4)n[nH]2)cc1O. The molecular weight excluding hydrogens is 416 g/mol. The number of halogens is 1. The van der Waals surface area contributed by atoms with Crippen LogP contribution in [0.3, 0.4) is 0 Å². The van der Waals surface area contributed by atoms with Crippen LogP contribution in [0.1, 0.15) is 39.2 Å². The van der Waals surface area contributed by atoms with Gasteiger partial charge in [0.25, 0.3) is 0 Å². The Kier molecular flexibility index (Phi) is 5.28. The van der Waals surface area contributed by atoms with Crippen molar-refractivity contribution in [1.82, 2.24) is 10.2 Å². The molecular formula is C23H19BrN2O2. The number of rotatable bonds is 5. The summed E-state index contributed by atoms with van der Waals surface area (Å²) in [6.45, 7) is -0.203. The van der Waals surface area contributed by atoms with Gasteiger partial charge in [0.2, 0.25) is 0 Å². The molecule has 0 atom stereocenters. The predicted molar refractivity (Wildman–Crippen MR) is 117 cm³/mol. The van der Waals surface area contributed by atoms with Crippen molar-refractivity contribution in [3.05, 3.63) is 86.2 Å². The Morgan fingerprint density at radius 2 is 1.96 bits per heavy atom. The van der Waals surface area contributed by atoms with Crippen LogP contribution in [-0.2, 0) is 13.0 Å². The van der Waals surface area contributed by atoms with Gasteiger partial charge in [-0.3, -0.25) is 5.10 Å². The van der Waals surface area contributed by atoms with Crippen LogP contribution in [0.4, 0.5) is 0 Å². The monoisotopic (exact) mass is 434 g/mol. The van der Waals surface area contributed by atoms with E-state index in [1.165, 1.54) is 11.1 Å². The summed E-state index contributed by atoms with van der Waals surface area (Å²) >= 11 is 3.46. The van der Waals surface area contributed by atoms with Crippen LogP contribution in [-0.4, -0.2) is 20.4 Å². The Morgan fingerprint density at radius 1 is 1.07 bits per heavy atom. The van der Waals surface area contributed by atoms with Gasteiger partial charge in [-0.25, -0.2) is 0 Å². The van der Waals surface area contributed by atoms with E-state index in [0.717, 1.165) is 33.4 Å². The number of benzene rings is 2. The maximum Gasteiger partial charge on any atom is 0.121 e. The van der Waals surface area contributed by atoms with Gasteiger partial charge in [0.15, 0.2) is 0 Å². The van der Waals surface area contributed by atoms with Crippen molar-refractivity contribution >= 4 is 46.3 Å². The molecule has 5 heteroatoms. The van der Waals surface area contributed by atoms with E-state index < -0.39 is 0 Å².